The molecule has 1 aliphatic heterocycles. The van der Waals surface area contributed by atoms with Crippen molar-refractivity contribution in [3.8, 4) is 0 Å². The largest absolute Gasteiger partial charge is 0.758 e. The molecule has 1 aromatic heterocycles. The summed E-state index contributed by atoms with van der Waals surface area (Å²) < 4.78 is 51.4. The van der Waals surface area contributed by atoms with E-state index in [1.807, 2.05) is 0 Å². The number of hydrogen-bond acceptors (Lipinski definition) is 12. The van der Waals surface area contributed by atoms with Crippen molar-refractivity contribution in [2.75, 3.05) is 12.3 Å². The lowest BCUT2D eigenvalue weighted by Gasteiger charge is -2.16. The van der Waals surface area contributed by atoms with Gasteiger partial charge in [0.15, 0.2) is 10.5 Å². The van der Waals surface area contributed by atoms with Crippen molar-refractivity contribution in [2.24, 2.45) is 0 Å². The highest BCUT2D eigenvalue weighted by Gasteiger charge is 2.49. The number of phosphoric acid groups is 1. The van der Waals surface area contributed by atoms with E-state index in [1.54, 1.807) is 0 Å². The second-order valence-corrected chi connectivity index (χ2v) is 8.43. The molecule has 1 aliphatic rings. The summed E-state index contributed by atoms with van der Waals surface area (Å²) in [7, 11) is -11.7. The maximum Gasteiger partial charge on any atom is 0.758 e. The molecule has 0 amide bonds. The molecule has 1 saturated heterocycles. The van der Waals surface area contributed by atoms with E-state index in [0.717, 1.165) is 4.57 Å². The topological polar surface area (TPSA) is 230 Å². The predicted molar refractivity (Wildman–Crippen MR) is 84.2 cm³/mol. The Hall–Kier alpha value is -1.21. The zero-order valence-corrected chi connectivity index (χ0v) is 15.7. The number of nitrogens with two attached hydrogens (primary N) is 1. The summed E-state index contributed by atoms with van der Waals surface area (Å²) in [6.45, 7) is -0.653. The number of nitrogens with zero attached hydrogens (tertiary/aromatic N) is 2. The van der Waals surface area contributed by atoms with Crippen molar-refractivity contribution >= 4 is 30.2 Å². The Bertz CT molecular complexity index is 826. The zero-order valence-electron chi connectivity index (χ0n) is 13.0. The van der Waals surface area contributed by atoms with Gasteiger partial charge in [-0.1, -0.05) is 0 Å². The van der Waals surface area contributed by atoms with Crippen LogP contribution in [-0.4, -0.2) is 54.5 Å². The SMILES string of the molecule is Nc1ccn([C@@H]2O[C@H](CO[P+](=O)O[P+](=O)OP(=O)(O)O)C(O)C2O)c(=O)n1. The molecule has 0 saturated carbocycles. The number of hydrogen-bond donors (Lipinski definition) is 5. The van der Waals surface area contributed by atoms with Gasteiger partial charge in [-0.2, -0.15) is 4.98 Å². The summed E-state index contributed by atoms with van der Waals surface area (Å²) in [6.07, 6.45) is -4.58. The Kier molecular flexibility index (Phi) is 7.25. The van der Waals surface area contributed by atoms with E-state index in [-0.39, 0.29) is 5.82 Å². The molecule has 27 heavy (non-hydrogen) atoms. The lowest BCUT2D eigenvalue weighted by Crippen LogP contribution is -2.36. The van der Waals surface area contributed by atoms with E-state index < -0.39 is 61.2 Å². The summed E-state index contributed by atoms with van der Waals surface area (Å²) in [5, 5.41) is 20.0. The first kappa shape index (κ1) is 22.1. The predicted octanol–water partition coefficient (Wildman–Crippen LogP) is -1.10. The van der Waals surface area contributed by atoms with Gasteiger partial charge in [-0.15, -0.1) is 4.52 Å². The van der Waals surface area contributed by atoms with E-state index in [0.29, 0.717) is 0 Å². The van der Waals surface area contributed by atoms with E-state index in [4.69, 9.17) is 20.3 Å². The first-order valence-electron chi connectivity index (χ1n) is 6.85. The molecule has 6 N–H and O–H groups in total. The third-order valence-electron chi connectivity index (χ3n) is 3.11. The van der Waals surface area contributed by atoms with Crippen molar-refractivity contribution in [3.63, 3.8) is 0 Å². The van der Waals surface area contributed by atoms with Crippen LogP contribution in [0.15, 0.2) is 17.1 Å². The van der Waals surface area contributed by atoms with Crippen LogP contribution in [0.1, 0.15) is 6.23 Å². The fourth-order valence-electron chi connectivity index (χ4n) is 2.03. The quantitative estimate of drug-likeness (QED) is 0.297. The second-order valence-electron chi connectivity index (χ2n) is 4.99. The minimum atomic E-state index is -5.12. The normalized spacial score (nSPS) is 26.8. The maximum absolute atomic E-state index is 11.8. The molecule has 15 nitrogen and oxygen atoms in total. The summed E-state index contributed by atoms with van der Waals surface area (Å²) in [6, 6.07) is 1.26. The Balaban J connectivity index is 1.94. The van der Waals surface area contributed by atoms with Crippen molar-refractivity contribution in [1.29, 1.82) is 0 Å². The smallest absolute Gasteiger partial charge is 0.387 e. The van der Waals surface area contributed by atoms with Gasteiger partial charge < -0.3 is 30.5 Å². The Morgan fingerprint density at radius 1 is 1.30 bits per heavy atom. The molecule has 0 aromatic carbocycles. The highest BCUT2D eigenvalue weighted by Crippen LogP contribution is 2.52. The lowest BCUT2D eigenvalue weighted by atomic mass is 10.1. The van der Waals surface area contributed by atoms with Gasteiger partial charge in [-0.05, 0) is 10.4 Å². The molecule has 1 fully saturated rings. The van der Waals surface area contributed by atoms with Crippen LogP contribution in [0.5, 0.6) is 0 Å². The summed E-state index contributed by atoms with van der Waals surface area (Å²) in [4.78, 5) is 32.0. The Morgan fingerprint density at radius 2 is 1.96 bits per heavy atom. The average molecular weight is 449 g/mol. The summed E-state index contributed by atoms with van der Waals surface area (Å²) in [5.74, 6) is -0.0649. The second kappa shape index (κ2) is 8.86. The number of aliphatic hydroxyl groups is 2. The summed E-state index contributed by atoms with van der Waals surface area (Å²) >= 11 is 0. The molecule has 0 bridgehead atoms. The molecule has 0 aliphatic carbocycles. The maximum atomic E-state index is 11.8. The van der Waals surface area contributed by atoms with Crippen LogP contribution in [0.2, 0.25) is 0 Å². The zero-order chi connectivity index (χ0) is 20.4. The number of aliphatic hydroxyl groups excluding tert-OH is 2. The van der Waals surface area contributed by atoms with Crippen molar-refractivity contribution in [1.82, 2.24) is 9.55 Å². The molecule has 6 atom stereocenters. The van der Waals surface area contributed by atoms with Crippen molar-refractivity contribution < 1.29 is 51.6 Å². The van der Waals surface area contributed by atoms with Gasteiger partial charge in [0.25, 0.3) is 0 Å². The van der Waals surface area contributed by atoms with Crippen LogP contribution >= 0.6 is 24.3 Å². The van der Waals surface area contributed by atoms with Crippen LogP contribution < -0.4 is 11.4 Å². The van der Waals surface area contributed by atoms with Gasteiger partial charge in [0, 0.05) is 15.3 Å². The van der Waals surface area contributed by atoms with E-state index in [2.05, 4.69) is 18.1 Å². The van der Waals surface area contributed by atoms with Crippen LogP contribution in [0, 0.1) is 0 Å². The summed E-state index contributed by atoms with van der Waals surface area (Å²) in [5.41, 5.74) is 4.49. The highest BCUT2D eigenvalue weighted by molar-refractivity contribution is 7.58. The molecule has 0 radical (unpaired) electrons. The number of aromatic nitrogens is 2. The van der Waals surface area contributed by atoms with E-state index in [1.165, 1.54) is 12.3 Å². The monoisotopic (exact) mass is 449 g/mol. The Morgan fingerprint density at radius 3 is 2.56 bits per heavy atom. The number of nitrogen functional groups attached to an aromatic ring is 1. The Labute approximate surface area is 151 Å². The van der Waals surface area contributed by atoms with Crippen molar-refractivity contribution in [3.05, 3.63) is 22.7 Å². The average Bonchev–Trinajstić information content (AvgIpc) is 2.79. The molecule has 1 aromatic rings. The van der Waals surface area contributed by atoms with E-state index in [9.17, 15) is 28.7 Å². The third kappa shape index (κ3) is 6.14. The molecule has 150 valence electrons. The van der Waals surface area contributed by atoms with Crippen LogP contribution in [0.3, 0.4) is 0 Å². The molecular formula is C9H14N3O12P3+2. The van der Waals surface area contributed by atoms with Crippen molar-refractivity contribution in [2.45, 2.75) is 24.5 Å². The highest BCUT2D eigenvalue weighted by atomic mass is 31.3. The van der Waals surface area contributed by atoms with Gasteiger partial charge in [-0.25, -0.2) is 9.36 Å². The number of rotatable bonds is 8. The van der Waals surface area contributed by atoms with E-state index >= 15 is 0 Å². The molecule has 2 heterocycles. The first-order valence-corrected chi connectivity index (χ1v) is 10.6. The standard InChI is InChI=1S/C9H12N3O12P3/c10-5-1-2-12(9(15)11-5)8-7(14)6(13)4(22-8)3-21-25(16)23-26(17)24-27(18,19)20/h1-2,4,6-8,13-14H,3H2,(H2-2,10,11,15,18,19,20)/p+2/t4-,6?,7?,8-/m1/s1. The van der Waals surface area contributed by atoms with Gasteiger partial charge in [0.2, 0.25) is 0 Å². The molecular weight excluding hydrogens is 435 g/mol. The first-order chi connectivity index (χ1) is 12.5. The van der Waals surface area contributed by atoms with Gasteiger partial charge in [-0.3, -0.25) is 4.57 Å². The molecule has 18 heteroatoms. The molecule has 0 spiro atoms. The third-order valence-corrected chi connectivity index (χ3v) is 5.92. The van der Waals surface area contributed by atoms with Crippen LogP contribution in [0.4, 0.5) is 5.82 Å². The number of anilines is 1. The molecule has 2 rings (SSSR count). The molecule has 4 unspecified atom stereocenters. The van der Waals surface area contributed by atoms with Crippen LogP contribution in [-0.2, 0) is 31.6 Å². The van der Waals surface area contributed by atoms with Gasteiger partial charge in [0.1, 0.15) is 30.7 Å². The fraction of sp³-hybridized carbons (Fsp3) is 0.556. The minimum absolute atomic E-state index is 0.0649. The lowest BCUT2D eigenvalue weighted by molar-refractivity contribution is -0.0515. The minimum Gasteiger partial charge on any atom is -0.387 e. The number of ether oxygens (including phenoxy) is 1. The fourth-order valence-corrected chi connectivity index (χ4v) is 4.01. The van der Waals surface area contributed by atoms with Gasteiger partial charge in [0.05, 0.1) is 0 Å². The van der Waals surface area contributed by atoms with Gasteiger partial charge >= 0.3 is 30.0 Å². The van der Waals surface area contributed by atoms with Crippen LogP contribution in [0.25, 0.3) is 0 Å².